The van der Waals surface area contributed by atoms with Gasteiger partial charge in [0.15, 0.2) is 0 Å². The molecule has 2 atom stereocenters. The molecule has 0 spiro atoms. The van der Waals surface area contributed by atoms with Gasteiger partial charge in [-0.15, -0.1) is 0 Å². The van der Waals surface area contributed by atoms with Crippen molar-refractivity contribution in [3.63, 3.8) is 0 Å². The van der Waals surface area contributed by atoms with Gasteiger partial charge in [0.25, 0.3) is 11.9 Å². The Bertz CT molecular complexity index is 600. The van der Waals surface area contributed by atoms with Crippen LogP contribution in [-0.2, 0) is 63.4 Å². The van der Waals surface area contributed by atoms with Gasteiger partial charge in [0.05, 0.1) is 26.4 Å². The van der Waals surface area contributed by atoms with Crippen LogP contribution in [0.2, 0.25) is 0 Å². The minimum absolute atomic E-state index is 0. The van der Waals surface area contributed by atoms with Gasteiger partial charge < -0.3 is 44.2 Å². The molecule has 0 rings (SSSR count). The van der Waals surface area contributed by atoms with Crippen LogP contribution in [0.4, 0.5) is 0 Å². The van der Waals surface area contributed by atoms with E-state index in [0.717, 1.165) is 51.4 Å². The number of carbonyl (C=O) groups is 4. The van der Waals surface area contributed by atoms with Gasteiger partial charge in [-0.2, -0.15) is 0 Å². The van der Waals surface area contributed by atoms with E-state index >= 15 is 0 Å². The van der Waals surface area contributed by atoms with Gasteiger partial charge in [0.1, 0.15) is 0 Å². The molecule has 45 heavy (non-hydrogen) atoms. The normalized spacial score (nSPS) is 10.9. The number of ether oxygens (including phenoxy) is 4. The smallest absolute Gasteiger partial charge is 0.782 e. The van der Waals surface area contributed by atoms with Crippen LogP contribution in [0.25, 0.3) is 0 Å². The van der Waals surface area contributed by atoms with Gasteiger partial charge in [-0.3, -0.25) is 19.2 Å². The summed E-state index contributed by atoms with van der Waals surface area (Å²) in [6, 6.07) is 0. The summed E-state index contributed by atoms with van der Waals surface area (Å²) in [7, 11) is 0. The first-order chi connectivity index (χ1) is 21.1. The van der Waals surface area contributed by atoms with Crippen LogP contribution < -0.4 is 0 Å². The Labute approximate surface area is 304 Å². The minimum atomic E-state index is -0.259. The van der Waals surface area contributed by atoms with E-state index in [1.165, 1.54) is 25.7 Å². The van der Waals surface area contributed by atoms with E-state index in [-0.39, 0.29) is 72.1 Å². The molecular formula is C34H64O8S2Sn. The van der Waals surface area contributed by atoms with Crippen LogP contribution in [-0.4, -0.2) is 85.7 Å². The molecule has 0 aliphatic carbocycles. The Morgan fingerprint density at radius 1 is 0.533 bits per heavy atom. The zero-order valence-corrected chi connectivity index (χ0v) is 33.8. The molecule has 2 unspecified atom stereocenters. The van der Waals surface area contributed by atoms with Gasteiger partial charge >= 0.3 is 35.8 Å². The Hall–Kier alpha value is -0.621. The van der Waals surface area contributed by atoms with E-state index in [4.69, 9.17) is 18.9 Å². The van der Waals surface area contributed by atoms with Crippen molar-refractivity contribution in [1.29, 1.82) is 0 Å². The molecule has 0 fully saturated rings. The summed E-state index contributed by atoms with van der Waals surface area (Å²) in [6.45, 7) is 21.7. The van der Waals surface area contributed by atoms with E-state index in [1.54, 1.807) is 0 Å². The molecule has 0 aliphatic heterocycles. The maximum absolute atomic E-state index is 10.8. The second kappa shape index (κ2) is 45.5. The summed E-state index contributed by atoms with van der Waals surface area (Å²) in [6.07, 6.45) is 13.8. The average Bonchev–Trinajstić information content (AvgIpc) is 3.05. The topological polar surface area (TPSA) is 105 Å². The minimum Gasteiger partial charge on any atom is -0.782 e. The van der Waals surface area contributed by atoms with E-state index in [1.807, 2.05) is 0 Å². The van der Waals surface area contributed by atoms with Crippen molar-refractivity contribution in [1.82, 2.24) is 0 Å². The zero-order chi connectivity index (χ0) is 34.4. The van der Waals surface area contributed by atoms with Gasteiger partial charge in [-0.05, 0) is 51.4 Å². The van der Waals surface area contributed by atoms with Crippen molar-refractivity contribution in [2.75, 3.05) is 37.9 Å². The third kappa shape index (κ3) is 47.9. The quantitative estimate of drug-likeness (QED) is 0.0365. The Balaban J connectivity index is -0.000000159. The summed E-state index contributed by atoms with van der Waals surface area (Å²) in [4.78, 5) is 42.4. The Kier molecular flexibility index (Phi) is 54.5. The third-order valence-corrected chi connectivity index (χ3v) is 6.68. The van der Waals surface area contributed by atoms with Crippen molar-refractivity contribution < 1.29 is 38.1 Å². The molecule has 8 nitrogen and oxygen atoms in total. The van der Waals surface area contributed by atoms with E-state index in [2.05, 4.69) is 80.6 Å². The van der Waals surface area contributed by atoms with Crippen LogP contribution in [0.15, 0.2) is 0 Å². The SMILES string of the molecule is CCCCC(CC)COC(=O)C[S-].CCCCC(CC)COC(=O)C[S-].[CH2]CC(=O)OCCCC.[CH2]CC(=O)OCCCC.[Sn+2]. The number of carbonyl (C=O) groups excluding carboxylic acids is 4. The maximum Gasteiger partial charge on any atom is 2.00 e. The number of rotatable bonds is 22. The Morgan fingerprint density at radius 2 is 0.844 bits per heavy atom. The van der Waals surface area contributed by atoms with E-state index in [0.29, 0.717) is 38.3 Å². The molecule has 0 saturated heterocycles. The second-order valence-electron chi connectivity index (χ2n) is 10.1. The molecule has 4 radical (unpaired) electrons. The predicted molar refractivity (Wildman–Crippen MR) is 190 cm³/mol. The summed E-state index contributed by atoms with van der Waals surface area (Å²) >= 11 is 9.15. The van der Waals surface area contributed by atoms with E-state index in [9.17, 15) is 19.2 Å². The molecular weight excluding hydrogens is 719 g/mol. The van der Waals surface area contributed by atoms with Crippen molar-refractivity contribution in [2.24, 2.45) is 11.8 Å². The molecule has 0 N–H and O–H groups in total. The molecule has 0 bridgehead atoms. The van der Waals surface area contributed by atoms with Gasteiger partial charge in [-0.1, -0.05) is 104 Å². The van der Waals surface area contributed by atoms with E-state index < -0.39 is 0 Å². The summed E-state index contributed by atoms with van der Waals surface area (Å²) in [5.41, 5.74) is 0. The largest absolute Gasteiger partial charge is 2.00 e. The number of hydrogen-bond donors (Lipinski definition) is 0. The van der Waals surface area contributed by atoms with Crippen LogP contribution in [0.5, 0.6) is 0 Å². The molecule has 0 saturated carbocycles. The van der Waals surface area contributed by atoms with Crippen LogP contribution in [0, 0.1) is 25.7 Å². The summed E-state index contributed by atoms with van der Waals surface area (Å²) < 4.78 is 19.5. The first-order valence-electron chi connectivity index (χ1n) is 16.5. The summed E-state index contributed by atoms with van der Waals surface area (Å²) in [5.74, 6) is 0.256. The zero-order valence-electron chi connectivity index (χ0n) is 29.3. The van der Waals surface area contributed by atoms with Crippen LogP contribution in [0.3, 0.4) is 0 Å². The fraction of sp³-hybridized carbons (Fsp3) is 0.824. The van der Waals surface area contributed by atoms with Crippen molar-refractivity contribution >= 4 is 73.0 Å². The fourth-order valence-electron chi connectivity index (χ4n) is 3.11. The Morgan fingerprint density at radius 3 is 1.07 bits per heavy atom. The molecule has 11 heteroatoms. The first kappa shape index (κ1) is 53.9. The molecule has 0 aromatic carbocycles. The van der Waals surface area contributed by atoms with Crippen molar-refractivity contribution in [3.05, 3.63) is 13.8 Å². The summed E-state index contributed by atoms with van der Waals surface area (Å²) in [5, 5.41) is 0. The number of unbranched alkanes of at least 4 members (excludes halogenated alkanes) is 4. The van der Waals surface area contributed by atoms with Gasteiger partial charge in [0.2, 0.25) is 0 Å². The number of esters is 4. The van der Waals surface area contributed by atoms with Gasteiger partial charge in [0, 0.05) is 12.8 Å². The predicted octanol–water partition coefficient (Wildman–Crippen LogP) is 7.31. The molecule has 0 heterocycles. The third-order valence-electron chi connectivity index (χ3n) is 6.21. The first-order valence-corrected chi connectivity index (χ1v) is 17.6. The van der Waals surface area contributed by atoms with Gasteiger partial charge in [-0.25, -0.2) is 0 Å². The average molecular weight is 784 g/mol. The molecule has 0 aromatic rings. The van der Waals surface area contributed by atoms with Crippen molar-refractivity contribution in [3.8, 4) is 0 Å². The molecule has 0 amide bonds. The number of hydrogen-bond acceptors (Lipinski definition) is 10. The maximum atomic E-state index is 10.8. The monoisotopic (exact) mass is 784 g/mol. The molecule has 264 valence electrons. The van der Waals surface area contributed by atoms with Crippen LogP contribution >= 0.6 is 0 Å². The molecule has 0 aliphatic rings. The molecule has 0 aromatic heterocycles. The second-order valence-corrected chi connectivity index (χ2v) is 10.7. The van der Waals surface area contributed by atoms with Crippen LogP contribution in [0.1, 0.15) is 131 Å². The van der Waals surface area contributed by atoms with Crippen molar-refractivity contribution in [2.45, 2.75) is 131 Å². The fourth-order valence-corrected chi connectivity index (χ4v) is 3.27. The standard InChI is InChI=1S/2C10H20O2S.2C7H13O2.Sn/c2*1-3-5-6-9(4-2)7-12-10(11)8-13;2*1-3-5-6-9-7(8)4-2;/h2*9,13H,3-8H2,1-2H3;2*2-6H2,1H3;/q;;;;+2/p-2.